The van der Waals surface area contributed by atoms with E-state index >= 15 is 0 Å². The fraction of sp³-hybridized carbons (Fsp3) is 0.143. The number of hydrogen-bond acceptors (Lipinski definition) is 4. The molecule has 0 aromatic heterocycles. The second-order valence-corrected chi connectivity index (χ2v) is 6.58. The van der Waals surface area contributed by atoms with E-state index in [1.165, 1.54) is 25.3 Å². The first-order chi connectivity index (χ1) is 9.83. The van der Waals surface area contributed by atoms with Crippen LogP contribution in [0.25, 0.3) is 0 Å². The molecule has 3 N–H and O–H groups in total. The van der Waals surface area contributed by atoms with Crippen LogP contribution in [0.1, 0.15) is 5.56 Å². The molecule has 5 nitrogen and oxygen atoms in total. The molecule has 2 aromatic carbocycles. The number of ether oxygens (including phenoxy) is 1. The summed E-state index contributed by atoms with van der Waals surface area (Å²) in [7, 11) is -2.39. The Kier molecular flexibility index (Phi) is 4.29. The molecule has 0 saturated carbocycles. The molecule has 112 valence electrons. The van der Waals surface area contributed by atoms with Crippen molar-refractivity contribution >= 4 is 33.0 Å². The summed E-state index contributed by atoms with van der Waals surface area (Å²) < 4.78 is 32.5. The van der Waals surface area contributed by atoms with Crippen LogP contribution < -0.4 is 15.2 Å². The highest BCUT2D eigenvalue weighted by Crippen LogP contribution is 2.30. The van der Waals surface area contributed by atoms with Gasteiger partial charge in [0.25, 0.3) is 10.0 Å². The van der Waals surface area contributed by atoms with Gasteiger partial charge in [0, 0.05) is 5.02 Å². The van der Waals surface area contributed by atoms with Crippen LogP contribution in [0.3, 0.4) is 0 Å². The molecule has 0 unspecified atom stereocenters. The molecule has 0 spiro atoms. The minimum Gasteiger partial charge on any atom is -0.495 e. The van der Waals surface area contributed by atoms with E-state index in [1.54, 1.807) is 12.1 Å². The smallest absolute Gasteiger partial charge is 0.264 e. The molecule has 0 aliphatic carbocycles. The van der Waals surface area contributed by atoms with Gasteiger partial charge in [-0.1, -0.05) is 17.7 Å². The van der Waals surface area contributed by atoms with Crippen molar-refractivity contribution < 1.29 is 13.2 Å². The van der Waals surface area contributed by atoms with Crippen LogP contribution in [0.4, 0.5) is 11.4 Å². The zero-order valence-electron chi connectivity index (χ0n) is 11.6. The van der Waals surface area contributed by atoms with Gasteiger partial charge in [0.2, 0.25) is 0 Å². The van der Waals surface area contributed by atoms with Crippen LogP contribution in [-0.2, 0) is 10.0 Å². The van der Waals surface area contributed by atoms with Gasteiger partial charge < -0.3 is 10.5 Å². The molecule has 0 atom stereocenters. The van der Waals surface area contributed by atoms with Gasteiger partial charge in [-0.25, -0.2) is 8.42 Å². The summed E-state index contributed by atoms with van der Waals surface area (Å²) in [5.74, 6) is 0.421. The fourth-order valence-electron chi connectivity index (χ4n) is 1.84. The van der Waals surface area contributed by atoms with E-state index < -0.39 is 10.0 Å². The summed E-state index contributed by atoms with van der Waals surface area (Å²) >= 11 is 5.84. The number of anilines is 2. The number of nitrogens with one attached hydrogen (secondary N) is 1. The van der Waals surface area contributed by atoms with Gasteiger partial charge in [-0.15, -0.1) is 0 Å². The quantitative estimate of drug-likeness (QED) is 0.846. The number of aryl methyl sites for hydroxylation is 1. The largest absolute Gasteiger partial charge is 0.495 e. The minimum absolute atomic E-state index is 0.0708. The number of sulfonamides is 1. The third-order valence-electron chi connectivity index (χ3n) is 2.86. The Morgan fingerprint density at radius 1 is 1.19 bits per heavy atom. The number of rotatable bonds is 4. The van der Waals surface area contributed by atoms with Crippen LogP contribution in [0, 0.1) is 6.92 Å². The summed E-state index contributed by atoms with van der Waals surface area (Å²) in [6.07, 6.45) is 0. The highest BCUT2D eigenvalue weighted by atomic mass is 35.5. The van der Waals surface area contributed by atoms with Gasteiger partial charge in [-0.3, -0.25) is 4.72 Å². The Morgan fingerprint density at radius 2 is 1.90 bits per heavy atom. The van der Waals surface area contributed by atoms with Crippen molar-refractivity contribution in [3.8, 4) is 5.75 Å². The molecule has 0 saturated heterocycles. The SMILES string of the molecule is COc1ccc(C)cc1NS(=O)(=O)c1cc(Cl)ccc1N. The first-order valence-electron chi connectivity index (χ1n) is 6.06. The van der Waals surface area contributed by atoms with E-state index in [2.05, 4.69) is 4.72 Å². The lowest BCUT2D eigenvalue weighted by molar-refractivity contribution is 0.417. The van der Waals surface area contributed by atoms with Gasteiger partial charge in [0.05, 0.1) is 18.5 Å². The average Bonchev–Trinajstić information content (AvgIpc) is 2.41. The number of nitrogens with two attached hydrogens (primary N) is 1. The van der Waals surface area contributed by atoms with E-state index in [0.717, 1.165) is 5.56 Å². The Bertz CT molecular complexity index is 776. The molecule has 7 heteroatoms. The lowest BCUT2D eigenvalue weighted by atomic mass is 10.2. The summed E-state index contributed by atoms with van der Waals surface area (Å²) in [5, 5.41) is 0.292. The van der Waals surface area contributed by atoms with Crippen molar-refractivity contribution in [2.75, 3.05) is 17.6 Å². The van der Waals surface area contributed by atoms with Crippen molar-refractivity contribution in [2.45, 2.75) is 11.8 Å². The first-order valence-corrected chi connectivity index (χ1v) is 7.92. The molecule has 0 amide bonds. The molecule has 0 bridgehead atoms. The van der Waals surface area contributed by atoms with E-state index in [0.29, 0.717) is 16.5 Å². The lowest BCUT2D eigenvalue weighted by Gasteiger charge is -2.14. The topological polar surface area (TPSA) is 81.4 Å². The second-order valence-electron chi connectivity index (χ2n) is 4.49. The maximum absolute atomic E-state index is 12.4. The van der Waals surface area contributed by atoms with Gasteiger partial charge >= 0.3 is 0 Å². The van der Waals surface area contributed by atoms with Crippen molar-refractivity contribution in [3.63, 3.8) is 0 Å². The molecule has 0 fully saturated rings. The van der Waals surface area contributed by atoms with Crippen LogP contribution >= 0.6 is 11.6 Å². The first kappa shape index (κ1) is 15.5. The monoisotopic (exact) mass is 326 g/mol. The Balaban J connectivity index is 2.47. The molecule has 0 heterocycles. The van der Waals surface area contributed by atoms with Gasteiger partial charge in [-0.05, 0) is 42.8 Å². The molecule has 2 rings (SSSR count). The van der Waals surface area contributed by atoms with Crippen molar-refractivity contribution in [1.82, 2.24) is 0 Å². The van der Waals surface area contributed by atoms with Crippen molar-refractivity contribution in [2.24, 2.45) is 0 Å². The van der Waals surface area contributed by atoms with Crippen LogP contribution in [-0.4, -0.2) is 15.5 Å². The summed E-state index contributed by atoms with van der Waals surface area (Å²) in [6.45, 7) is 1.85. The van der Waals surface area contributed by atoms with Crippen molar-refractivity contribution in [1.29, 1.82) is 0 Å². The standard InChI is InChI=1S/C14H15ClN2O3S/c1-9-3-6-13(20-2)12(7-9)17-21(18,19)14-8-10(15)4-5-11(14)16/h3-8,17H,16H2,1-2H3. The third-order valence-corrected chi connectivity index (χ3v) is 4.52. The van der Waals surface area contributed by atoms with Crippen LogP contribution in [0.15, 0.2) is 41.3 Å². The minimum atomic E-state index is -3.86. The molecular weight excluding hydrogens is 312 g/mol. The highest BCUT2D eigenvalue weighted by Gasteiger charge is 2.20. The predicted octanol–water partition coefficient (Wildman–Crippen LogP) is 3.04. The zero-order chi connectivity index (χ0) is 15.6. The molecule has 21 heavy (non-hydrogen) atoms. The number of hydrogen-bond donors (Lipinski definition) is 2. The van der Waals surface area contributed by atoms with Gasteiger partial charge in [0.15, 0.2) is 0 Å². The predicted molar refractivity (Wildman–Crippen MR) is 84.4 cm³/mol. The van der Waals surface area contributed by atoms with Gasteiger partial charge in [-0.2, -0.15) is 0 Å². The molecule has 0 aliphatic rings. The number of nitrogen functional groups attached to an aromatic ring is 1. The second kappa shape index (κ2) is 5.83. The Morgan fingerprint density at radius 3 is 2.57 bits per heavy atom. The zero-order valence-corrected chi connectivity index (χ0v) is 13.1. The number of methoxy groups -OCH3 is 1. The molecule has 0 aliphatic heterocycles. The molecule has 0 radical (unpaired) electrons. The Labute approximate surface area is 128 Å². The summed E-state index contributed by atoms with van der Waals surface area (Å²) in [4.78, 5) is -0.0708. The Hall–Kier alpha value is -1.92. The van der Waals surface area contributed by atoms with E-state index in [-0.39, 0.29) is 10.6 Å². The number of benzene rings is 2. The number of halogens is 1. The summed E-state index contributed by atoms with van der Waals surface area (Å²) in [5.41, 5.74) is 7.08. The van der Waals surface area contributed by atoms with Crippen LogP contribution in [0.2, 0.25) is 5.02 Å². The maximum atomic E-state index is 12.4. The maximum Gasteiger partial charge on any atom is 0.264 e. The third kappa shape index (κ3) is 3.40. The van der Waals surface area contributed by atoms with Crippen molar-refractivity contribution in [3.05, 3.63) is 47.0 Å². The summed E-state index contributed by atoms with van der Waals surface area (Å²) in [6, 6.07) is 9.48. The van der Waals surface area contributed by atoms with E-state index in [4.69, 9.17) is 22.1 Å². The fourth-order valence-corrected chi connectivity index (χ4v) is 3.30. The van der Waals surface area contributed by atoms with E-state index in [9.17, 15) is 8.42 Å². The van der Waals surface area contributed by atoms with Gasteiger partial charge in [0.1, 0.15) is 10.6 Å². The van der Waals surface area contributed by atoms with E-state index in [1.807, 2.05) is 13.0 Å². The average molecular weight is 327 g/mol. The highest BCUT2D eigenvalue weighted by molar-refractivity contribution is 7.92. The normalized spacial score (nSPS) is 11.2. The molecular formula is C14H15ClN2O3S. The van der Waals surface area contributed by atoms with Crippen LogP contribution in [0.5, 0.6) is 5.75 Å². The lowest BCUT2D eigenvalue weighted by Crippen LogP contribution is -2.15. The molecule has 2 aromatic rings.